The van der Waals surface area contributed by atoms with Crippen molar-refractivity contribution in [2.45, 2.75) is 6.92 Å². The third-order valence-corrected chi connectivity index (χ3v) is 2.73. The molecule has 0 aliphatic heterocycles. The summed E-state index contributed by atoms with van der Waals surface area (Å²) in [7, 11) is 0. The summed E-state index contributed by atoms with van der Waals surface area (Å²) in [5, 5.41) is 6.12. The number of amides is 1. The van der Waals surface area contributed by atoms with Gasteiger partial charge in [-0.15, -0.1) is 0 Å². The molecular weight excluding hydrogens is 260 g/mol. The average Bonchev–Trinajstić information content (AvgIpc) is 2.84. The molecule has 0 saturated heterocycles. The van der Waals surface area contributed by atoms with E-state index in [2.05, 4.69) is 15.5 Å². The van der Waals surface area contributed by atoms with Gasteiger partial charge in [0.1, 0.15) is 17.0 Å². The number of carbonyl (C=O) groups is 1. The smallest absolute Gasteiger partial charge is 0.270 e. The molecule has 0 spiro atoms. The Kier molecular flexibility index (Phi) is 2.79. The largest absolute Gasteiger partial charge is 0.360 e. The van der Waals surface area contributed by atoms with Gasteiger partial charge < -0.3 is 9.84 Å². The second-order valence-electron chi connectivity index (χ2n) is 4.18. The molecule has 3 aromatic rings. The van der Waals surface area contributed by atoms with E-state index >= 15 is 0 Å². The van der Waals surface area contributed by atoms with Crippen LogP contribution in [0.15, 0.2) is 46.0 Å². The molecule has 3 heterocycles. The fourth-order valence-corrected chi connectivity index (χ4v) is 1.79. The molecule has 0 radical (unpaired) electrons. The summed E-state index contributed by atoms with van der Waals surface area (Å²) in [6.07, 6.45) is 2.81. The van der Waals surface area contributed by atoms with Crippen LogP contribution in [0.2, 0.25) is 0 Å². The number of carbonyl (C=O) groups excluding carboxylic acids is 1. The predicted molar refractivity (Wildman–Crippen MR) is 70.7 cm³/mol. The Morgan fingerprint density at radius 3 is 3.00 bits per heavy atom. The van der Waals surface area contributed by atoms with Gasteiger partial charge in [-0.1, -0.05) is 11.2 Å². The van der Waals surface area contributed by atoms with Crippen LogP contribution in [-0.2, 0) is 0 Å². The molecule has 0 bridgehead atoms. The molecule has 7 nitrogen and oxygen atoms in total. The lowest BCUT2D eigenvalue weighted by Gasteiger charge is -2.03. The third kappa shape index (κ3) is 2.05. The molecule has 0 fully saturated rings. The number of rotatable bonds is 2. The standard InChI is InChI=1S/C13H10N4O3/c1-8-6-10(16-20-8)15-12(18)9-7-14-11-4-2-3-5-17(11)13(9)19/h2-7H,1H3,(H,15,16,18). The summed E-state index contributed by atoms with van der Waals surface area (Å²) in [6.45, 7) is 1.70. The number of pyridine rings is 1. The number of aryl methyl sites for hydroxylation is 1. The number of nitrogens with one attached hydrogen (secondary N) is 1. The van der Waals surface area contributed by atoms with Crippen molar-refractivity contribution in [3.63, 3.8) is 0 Å². The fraction of sp³-hybridized carbons (Fsp3) is 0.0769. The van der Waals surface area contributed by atoms with E-state index in [0.717, 1.165) is 0 Å². The maximum absolute atomic E-state index is 12.2. The van der Waals surface area contributed by atoms with Crippen molar-refractivity contribution in [2.24, 2.45) is 0 Å². The molecule has 1 amide bonds. The van der Waals surface area contributed by atoms with Crippen LogP contribution in [0.1, 0.15) is 16.1 Å². The first-order valence-corrected chi connectivity index (χ1v) is 5.86. The minimum Gasteiger partial charge on any atom is -0.360 e. The van der Waals surface area contributed by atoms with Gasteiger partial charge in [-0.05, 0) is 19.1 Å². The molecule has 3 aromatic heterocycles. The molecule has 0 aliphatic rings. The lowest BCUT2D eigenvalue weighted by Crippen LogP contribution is -2.26. The van der Waals surface area contributed by atoms with E-state index < -0.39 is 11.5 Å². The summed E-state index contributed by atoms with van der Waals surface area (Å²) in [5.41, 5.74) is -0.0194. The summed E-state index contributed by atoms with van der Waals surface area (Å²) < 4.78 is 6.15. The van der Waals surface area contributed by atoms with Crippen molar-refractivity contribution in [1.29, 1.82) is 0 Å². The van der Waals surface area contributed by atoms with Gasteiger partial charge in [-0.2, -0.15) is 0 Å². The Hall–Kier alpha value is -2.96. The van der Waals surface area contributed by atoms with Crippen LogP contribution in [-0.4, -0.2) is 20.4 Å². The quantitative estimate of drug-likeness (QED) is 0.756. The maximum Gasteiger partial charge on any atom is 0.270 e. The fourth-order valence-electron chi connectivity index (χ4n) is 1.79. The van der Waals surface area contributed by atoms with E-state index in [1.54, 1.807) is 37.4 Å². The van der Waals surface area contributed by atoms with Crippen LogP contribution in [0.5, 0.6) is 0 Å². The second-order valence-corrected chi connectivity index (χ2v) is 4.18. The number of anilines is 1. The molecule has 0 aromatic carbocycles. The Balaban J connectivity index is 1.99. The molecule has 0 aliphatic carbocycles. The number of aromatic nitrogens is 3. The van der Waals surface area contributed by atoms with E-state index in [1.165, 1.54) is 10.6 Å². The van der Waals surface area contributed by atoms with Crippen molar-refractivity contribution in [3.8, 4) is 0 Å². The Labute approximate surface area is 112 Å². The van der Waals surface area contributed by atoms with Gasteiger partial charge in [0, 0.05) is 18.5 Å². The normalized spacial score (nSPS) is 10.7. The van der Waals surface area contributed by atoms with Crippen molar-refractivity contribution in [3.05, 3.63) is 58.3 Å². The zero-order chi connectivity index (χ0) is 14.1. The van der Waals surface area contributed by atoms with Crippen molar-refractivity contribution < 1.29 is 9.32 Å². The van der Waals surface area contributed by atoms with E-state index in [-0.39, 0.29) is 11.4 Å². The molecule has 0 atom stereocenters. The highest BCUT2D eigenvalue weighted by Gasteiger charge is 2.14. The number of fused-ring (bicyclic) bond motifs is 1. The first kappa shape index (κ1) is 12.1. The molecule has 20 heavy (non-hydrogen) atoms. The van der Waals surface area contributed by atoms with Crippen LogP contribution in [0.4, 0.5) is 5.82 Å². The summed E-state index contributed by atoms with van der Waals surface area (Å²) in [4.78, 5) is 28.3. The minimum atomic E-state index is -0.575. The Bertz CT molecular complexity index is 850. The minimum absolute atomic E-state index is 0.0608. The van der Waals surface area contributed by atoms with Gasteiger partial charge in [0.15, 0.2) is 5.82 Å². The van der Waals surface area contributed by atoms with Gasteiger partial charge in [0.05, 0.1) is 0 Å². The summed E-state index contributed by atoms with van der Waals surface area (Å²) >= 11 is 0. The lowest BCUT2D eigenvalue weighted by molar-refractivity contribution is 0.102. The van der Waals surface area contributed by atoms with Crippen molar-refractivity contribution in [2.75, 3.05) is 5.32 Å². The van der Waals surface area contributed by atoms with Crippen molar-refractivity contribution in [1.82, 2.24) is 14.5 Å². The molecule has 7 heteroatoms. The second kappa shape index (κ2) is 4.61. The average molecular weight is 270 g/mol. The highest BCUT2D eigenvalue weighted by Crippen LogP contribution is 2.08. The molecular formula is C13H10N4O3. The Morgan fingerprint density at radius 2 is 2.25 bits per heavy atom. The SMILES string of the molecule is Cc1cc(NC(=O)c2cnc3ccccn3c2=O)no1. The van der Waals surface area contributed by atoms with Gasteiger partial charge >= 0.3 is 0 Å². The first-order valence-electron chi connectivity index (χ1n) is 5.86. The molecule has 100 valence electrons. The van der Waals surface area contributed by atoms with E-state index in [9.17, 15) is 9.59 Å². The highest BCUT2D eigenvalue weighted by atomic mass is 16.5. The van der Waals surface area contributed by atoms with E-state index in [1.807, 2.05) is 0 Å². The Morgan fingerprint density at radius 1 is 1.40 bits per heavy atom. The monoisotopic (exact) mass is 270 g/mol. The summed E-state index contributed by atoms with van der Waals surface area (Å²) in [5.74, 6) is 0.243. The molecule has 0 unspecified atom stereocenters. The van der Waals surface area contributed by atoms with E-state index in [4.69, 9.17) is 4.52 Å². The molecule has 3 rings (SSSR count). The van der Waals surface area contributed by atoms with E-state index in [0.29, 0.717) is 11.4 Å². The molecule has 0 saturated carbocycles. The molecule has 1 N–H and O–H groups in total. The van der Waals surface area contributed by atoms with Crippen LogP contribution in [0, 0.1) is 6.92 Å². The zero-order valence-corrected chi connectivity index (χ0v) is 10.5. The summed E-state index contributed by atoms with van der Waals surface area (Å²) in [6, 6.07) is 6.70. The zero-order valence-electron chi connectivity index (χ0n) is 10.5. The lowest BCUT2D eigenvalue weighted by atomic mass is 10.3. The van der Waals surface area contributed by atoms with Crippen LogP contribution in [0.3, 0.4) is 0 Å². The van der Waals surface area contributed by atoms with Crippen LogP contribution >= 0.6 is 0 Å². The van der Waals surface area contributed by atoms with Crippen LogP contribution < -0.4 is 10.9 Å². The van der Waals surface area contributed by atoms with Gasteiger partial charge in [-0.25, -0.2) is 4.98 Å². The number of hydrogen-bond acceptors (Lipinski definition) is 5. The highest BCUT2D eigenvalue weighted by molar-refractivity contribution is 6.03. The number of nitrogens with zero attached hydrogens (tertiary/aromatic N) is 3. The van der Waals surface area contributed by atoms with Gasteiger partial charge in [0.2, 0.25) is 0 Å². The van der Waals surface area contributed by atoms with Gasteiger partial charge in [-0.3, -0.25) is 14.0 Å². The third-order valence-electron chi connectivity index (χ3n) is 2.73. The topological polar surface area (TPSA) is 89.5 Å². The van der Waals surface area contributed by atoms with Crippen molar-refractivity contribution >= 4 is 17.4 Å². The predicted octanol–water partition coefficient (Wildman–Crippen LogP) is 1.24. The van der Waals surface area contributed by atoms with Gasteiger partial charge in [0.25, 0.3) is 11.5 Å². The van der Waals surface area contributed by atoms with Crippen LogP contribution in [0.25, 0.3) is 5.65 Å². The first-order chi connectivity index (χ1) is 9.65. The number of hydrogen-bond donors (Lipinski definition) is 1. The maximum atomic E-state index is 12.2.